The first-order chi connectivity index (χ1) is 17.7. The van der Waals surface area contributed by atoms with Gasteiger partial charge in [-0.25, -0.2) is 9.18 Å². The second-order valence-corrected chi connectivity index (χ2v) is 11.5. The number of alkyl halides is 1. The zero-order chi connectivity index (χ0) is 28.4. The average Bonchev–Trinajstić information content (AvgIpc) is 3.42. The van der Waals surface area contributed by atoms with Crippen LogP contribution in [0.25, 0.3) is 6.08 Å². The summed E-state index contributed by atoms with van der Waals surface area (Å²) < 4.78 is 24.7. The average molecular weight is 535 g/mol. The van der Waals surface area contributed by atoms with Gasteiger partial charge in [-0.15, -0.1) is 0 Å². The Morgan fingerprint density at radius 3 is 2.61 bits per heavy atom. The summed E-state index contributed by atoms with van der Waals surface area (Å²) in [6.45, 7) is 11.3. The van der Waals surface area contributed by atoms with Crippen LogP contribution in [0.5, 0.6) is 0 Å². The number of likely N-dealkylation sites (N-methyl/N-ethyl adjacent to an activating group) is 1. The summed E-state index contributed by atoms with van der Waals surface area (Å²) in [7, 11) is 2.98. The topological polar surface area (TPSA) is 104 Å². The number of rotatable bonds is 8. The molecule has 0 spiro atoms. The Bertz CT molecular complexity index is 1050. The Balaban J connectivity index is 1.75. The van der Waals surface area contributed by atoms with Crippen LogP contribution in [-0.2, 0) is 31.9 Å². The Kier molecular flexibility index (Phi) is 9.28. The van der Waals surface area contributed by atoms with Crippen molar-refractivity contribution in [2.24, 2.45) is 5.92 Å². The minimum atomic E-state index is -0.992. The van der Waals surface area contributed by atoms with Crippen LogP contribution < -0.4 is 5.32 Å². The number of carbonyl (C=O) groups excluding carboxylic acids is 3. The minimum absolute atomic E-state index is 0.0794. The molecule has 0 aromatic carbocycles. The minimum Gasteiger partial charge on any atom is -0.444 e. The number of carbonyl (C=O) groups is 3. The molecule has 2 N–H and O–H groups in total. The van der Waals surface area contributed by atoms with Crippen molar-refractivity contribution in [3.05, 3.63) is 29.1 Å². The van der Waals surface area contributed by atoms with Gasteiger partial charge in [0, 0.05) is 45.1 Å². The molecule has 1 aliphatic heterocycles. The standard InChI is InChI=1S/C28H43FN4O5/c1-16-11-12-33(23(16)13-19-15-30-22-14-20(29)9-10-21(19)22)26(35)24(18(3)37-8)31-25(34)17(2)32(7)27(36)38-28(4,5)6/h9-10,15-18,20,23-24,30H,11-14H2,1-8H3,(H,31,34)/t16-,17-,18+,20?,23+,24-/m0/s1. The fourth-order valence-electron chi connectivity index (χ4n) is 4.99. The summed E-state index contributed by atoms with van der Waals surface area (Å²) >= 11 is 0. The molecule has 1 aliphatic carbocycles. The summed E-state index contributed by atoms with van der Waals surface area (Å²) in [4.78, 5) is 45.7. The molecular formula is C28H43FN4O5. The van der Waals surface area contributed by atoms with E-state index in [-0.39, 0.29) is 17.9 Å². The second-order valence-electron chi connectivity index (χ2n) is 11.5. The smallest absolute Gasteiger partial charge is 0.410 e. The Hall–Kier alpha value is -2.88. The Labute approximate surface area is 225 Å². The van der Waals surface area contributed by atoms with Gasteiger partial charge in [-0.1, -0.05) is 13.0 Å². The van der Waals surface area contributed by atoms with E-state index in [1.807, 2.05) is 17.2 Å². The molecule has 1 unspecified atom stereocenters. The molecule has 0 saturated carbocycles. The van der Waals surface area contributed by atoms with Crippen molar-refractivity contribution in [1.82, 2.24) is 20.1 Å². The molecular weight excluding hydrogens is 491 g/mol. The summed E-state index contributed by atoms with van der Waals surface area (Å²) in [5.41, 5.74) is 2.22. The van der Waals surface area contributed by atoms with E-state index in [4.69, 9.17) is 9.47 Å². The lowest BCUT2D eigenvalue weighted by Crippen LogP contribution is -2.59. The molecule has 1 aromatic rings. The molecule has 2 aliphatic rings. The molecule has 3 amide bonds. The Morgan fingerprint density at radius 1 is 1.29 bits per heavy atom. The zero-order valence-corrected chi connectivity index (χ0v) is 23.8. The molecule has 1 aromatic heterocycles. The number of halogens is 1. The van der Waals surface area contributed by atoms with Gasteiger partial charge in [-0.05, 0) is 70.6 Å². The first kappa shape index (κ1) is 29.7. The third kappa shape index (κ3) is 6.76. The predicted molar refractivity (Wildman–Crippen MR) is 143 cm³/mol. The van der Waals surface area contributed by atoms with Crippen molar-refractivity contribution >= 4 is 24.0 Å². The Morgan fingerprint density at radius 2 is 1.97 bits per heavy atom. The number of nitrogens with one attached hydrogen (secondary N) is 2. The lowest BCUT2D eigenvalue weighted by atomic mass is 9.92. The number of H-pyrrole nitrogens is 1. The van der Waals surface area contributed by atoms with E-state index < -0.39 is 42.0 Å². The van der Waals surface area contributed by atoms with Crippen LogP contribution in [0.1, 0.15) is 64.8 Å². The maximum Gasteiger partial charge on any atom is 0.410 e. The van der Waals surface area contributed by atoms with Crippen molar-refractivity contribution in [2.75, 3.05) is 20.7 Å². The maximum absolute atomic E-state index is 13.9. The van der Waals surface area contributed by atoms with Gasteiger partial charge >= 0.3 is 6.09 Å². The third-order valence-corrected chi connectivity index (χ3v) is 7.60. The molecule has 38 heavy (non-hydrogen) atoms. The number of hydrogen-bond acceptors (Lipinski definition) is 5. The number of aromatic amines is 1. The quantitative estimate of drug-likeness (QED) is 0.532. The van der Waals surface area contributed by atoms with E-state index in [9.17, 15) is 18.8 Å². The third-order valence-electron chi connectivity index (χ3n) is 7.60. The van der Waals surface area contributed by atoms with Gasteiger partial charge in [0.05, 0.1) is 6.10 Å². The first-order valence-electron chi connectivity index (χ1n) is 13.3. The highest BCUT2D eigenvalue weighted by atomic mass is 19.1. The van der Waals surface area contributed by atoms with Crippen LogP contribution in [0.15, 0.2) is 12.3 Å². The van der Waals surface area contributed by atoms with Gasteiger partial charge in [0.25, 0.3) is 0 Å². The lowest BCUT2D eigenvalue weighted by molar-refractivity contribution is -0.142. The highest BCUT2D eigenvalue weighted by molar-refractivity contribution is 5.91. The van der Waals surface area contributed by atoms with Crippen LogP contribution in [0.3, 0.4) is 0 Å². The van der Waals surface area contributed by atoms with Gasteiger partial charge in [0.1, 0.15) is 23.9 Å². The van der Waals surface area contributed by atoms with E-state index in [2.05, 4.69) is 17.2 Å². The maximum atomic E-state index is 13.9. The summed E-state index contributed by atoms with van der Waals surface area (Å²) in [6, 6.07) is -1.87. The number of methoxy groups -OCH3 is 1. The molecule has 2 heterocycles. The predicted octanol–water partition coefficient (Wildman–Crippen LogP) is 3.48. The molecule has 0 radical (unpaired) electrons. The van der Waals surface area contributed by atoms with Crippen LogP contribution in [-0.4, -0.2) is 89.4 Å². The number of hydrogen-bond donors (Lipinski definition) is 2. The van der Waals surface area contributed by atoms with Gasteiger partial charge in [0.15, 0.2) is 0 Å². The number of nitrogens with zero attached hydrogens (tertiary/aromatic N) is 2. The van der Waals surface area contributed by atoms with Crippen molar-refractivity contribution in [2.45, 2.75) is 96.8 Å². The van der Waals surface area contributed by atoms with Crippen molar-refractivity contribution in [3.63, 3.8) is 0 Å². The van der Waals surface area contributed by atoms with Crippen molar-refractivity contribution in [1.29, 1.82) is 0 Å². The molecule has 6 atom stereocenters. The second kappa shape index (κ2) is 11.9. The van der Waals surface area contributed by atoms with Gasteiger partial charge in [-0.2, -0.15) is 0 Å². The molecule has 3 rings (SSSR count). The molecule has 1 fully saturated rings. The normalized spacial score (nSPS) is 23.4. The summed E-state index contributed by atoms with van der Waals surface area (Å²) in [5.74, 6) is -0.453. The van der Waals surface area contributed by atoms with E-state index >= 15 is 0 Å². The van der Waals surface area contributed by atoms with E-state index in [1.54, 1.807) is 40.7 Å². The van der Waals surface area contributed by atoms with E-state index in [0.717, 1.165) is 23.2 Å². The van der Waals surface area contributed by atoms with Crippen molar-refractivity contribution in [3.8, 4) is 0 Å². The summed E-state index contributed by atoms with van der Waals surface area (Å²) in [5, 5.41) is 2.83. The number of fused-ring (bicyclic) bond motifs is 1. The number of amides is 3. The largest absolute Gasteiger partial charge is 0.444 e. The first-order valence-corrected chi connectivity index (χ1v) is 13.3. The molecule has 10 heteroatoms. The van der Waals surface area contributed by atoms with E-state index in [1.165, 1.54) is 19.1 Å². The van der Waals surface area contributed by atoms with Crippen LogP contribution >= 0.6 is 0 Å². The number of ether oxygens (including phenoxy) is 2. The molecule has 212 valence electrons. The van der Waals surface area contributed by atoms with Crippen LogP contribution in [0, 0.1) is 5.92 Å². The van der Waals surface area contributed by atoms with Crippen LogP contribution in [0.2, 0.25) is 0 Å². The molecule has 9 nitrogen and oxygen atoms in total. The van der Waals surface area contributed by atoms with Gasteiger partial charge < -0.3 is 24.7 Å². The fourth-order valence-corrected chi connectivity index (χ4v) is 4.99. The lowest BCUT2D eigenvalue weighted by Gasteiger charge is -2.34. The fraction of sp³-hybridized carbons (Fsp3) is 0.679. The van der Waals surface area contributed by atoms with E-state index in [0.29, 0.717) is 19.4 Å². The number of likely N-dealkylation sites (tertiary alicyclic amines) is 1. The summed E-state index contributed by atoms with van der Waals surface area (Å²) in [6.07, 6.45) is 4.88. The van der Waals surface area contributed by atoms with Gasteiger partial charge in [0.2, 0.25) is 11.8 Å². The highest BCUT2D eigenvalue weighted by Gasteiger charge is 2.41. The van der Waals surface area contributed by atoms with Crippen LogP contribution in [0.4, 0.5) is 9.18 Å². The number of aromatic nitrogens is 1. The zero-order valence-electron chi connectivity index (χ0n) is 23.8. The number of allylic oxidation sites excluding steroid dienone is 1. The highest BCUT2D eigenvalue weighted by Crippen LogP contribution is 2.31. The van der Waals surface area contributed by atoms with Gasteiger partial charge in [-0.3, -0.25) is 14.5 Å². The SMILES string of the molecule is CO[C@H](C)[C@H](NC(=O)[C@H](C)N(C)C(=O)OC(C)(C)C)C(=O)N1CC[C@H](C)[C@H]1Cc1c[nH]c2c1C=CC(F)C2. The molecule has 0 bridgehead atoms. The molecule has 1 saturated heterocycles. The van der Waals surface area contributed by atoms with Crippen molar-refractivity contribution < 1.29 is 28.2 Å². The monoisotopic (exact) mass is 534 g/mol.